The first-order chi connectivity index (χ1) is 13.7. The molecular formula is C20H22ClN7. The summed E-state index contributed by atoms with van der Waals surface area (Å²) >= 11 is 6.27. The Morgan fingerprint density at radius 3 is 2.68 bits per heavy atom. The van der Waals surface area contributed by atoms with Crippen molar-refractivity contribution >= 4 is 17.4 Å². The summed E-state index contributed by atoms with van der Waals surface area (Å²) in [5.41, 5.74) is 2.37. The monoisotopic (exact) mass is 395 g/mol. The zero-order valence-corrected chi connectivity index (χ0v) is 16.5. The number of halogens is 1. The third-order valence-electron chi connectivity index (χ3n) is 5.63. The van der Waals surface area contributed by atoms with Crippen LogP contribution in [-0.4, -0.2) is 50.0 Å². The zero-order valence-electron chi connectivity index (χ0n) is 15.8. The highest BCUT2D eigenvalue weighted by Crippen LogP contribution is 2.33. The van der Waals surface area contributed by atoms with Gasteiger partial charge in [0.25, 0.3) is 0 Å². The molecule has 2 aromatic heterocycles. The van der Waals surface area contributed by atoms with Crippen LogP contribution in [-0.2, 0) is 13.1 Å². The minimum absolute atomic E-state index is 0.376. The molecule has 0 bridgehead atoms. The van der Waals surface area contributed by atoms with E-state index in [2.05, 4.69) is 53.9 Å². The standard InChI is InChI=1S/C20H22ClN7/c1-26-12-15-11-16(21)4-5-17(15)28-19(13-26)24-25-20(28)14-6-9-27(10-7-14)18-3-2-8-22-23-18/h2-5,8,11,14H,6-7,9-10,12-13H2,1H3. The van der Waals surface area contributed by atoms with Crippen LogP contribution in [0.15, 0.2) is 36.5 Å². The van der Waals surface area contributed by atoms with E-state index in [-0.39, 0.29) is 0 Å². The Morgan fingerprint density at radius 1 is 1.04 bits per heavy atom. The fourth-order valence-corrected chi connectivity index (χ4v) is 4.47. The number of hydrogen-bond donors (Lipinski definition) is 0. The SMILES string of the molecule is CN1Cc2cc(Cl)ccc2-n2c(nnc2C2CCN(c3cccnn3)CC2)C1. The highest BCUT2D eigenvalue weighted by atomic mass is 35.5. The van der Waals surface area contributed by atoms with E-state index in [0.717, 1.165) is 67.2 Å². The Hall–Kier alpha value is -2.51. The largest absolute Gasteiger partial charge is 0.355 e. The highest BCUT2D eigenvalue weighted by molar-refractivity contribution is 6.30. The first-order valence-electron chi connectivity index (χ1n) is 9.63. The lowest BCUT2D eigenvalue weighted by molar-refractivity contribution is 0.315. The van der Waals surface area contributed by atoms with Gasteiger partial charge in [-0.25, -0.2) is 0 Å². The van der Waals surface area contributed by atoms with Crippen molar-refractivity contribution in [3.8, 4) is 5.69 Å². The Kier molecular flexibility index (Phi) is 4.49. The average Bonchev–Trinajstić information content (AvgIpc) is 3.06. The van der Waals surface area contributed by atoms with Crippen molar-refractivity contribution in [3.05, 3.63) is 58.8 Å². The maximum atomic E-state index is 6.27. The number of anilines is 1. The quantitative estimate of drug-likeness (QED) is 0.664. The molecule has 0 aliphatic carbocycles. The van der Waals surface area contributed by atoms with Gasteiger partial charge in [0.05, 0.1) is 12.2 Å². The summed E-state index contributed by atoms with van der Waals surface area (Å²) in [6.45, 7) is 3.51. The molecule has 4 heterocycles. The van der Waals surface area contributed by atoms with Crippen molar-refractivity contribution in [2.24, 2.45) is 0 Å². The van der Waals surface area contributed by atoms with Crippen LogP contribution in [0.3, 0.4) is 0 Å². The number of fused-ring (bicyclic) bond motifs is 3. The molecule has 1 fully saturated rings. The Labute approximate surface area is 169 Å². The molecule has 144 valence electrons. The molecule has 1 aromatic carbocycles. The summed E-state index contributed by atoms with van der Waals surface area (Å²) in [6, 6.07) is 10.1. The fraction of sp³-hybridized carbons (Fsp3) is 0.400. The van der Waals surface area contributed by atoms with Gasteiger partial charge in [-0.15, -0.1) is 15.3 Å². The van der Waals surface area contributed by atoms with Crippen molar-refractivity contribution in [2.75, 3.05) is 25.0 Å². The van der Waals surface area contributed by atoms with Crippen molar-refractivity contribution < 1.29 is 0 Å². The van der Waals surface area contributed by atoms with Crippen LogP contribution in [0.4, 0.5) is 5.82 Å². The molecule has 7 nitrogen and oxygen atoms in total. The number of rotatable bonds is 2. The molecule has 28 heavy (non-hydrogen) atoms. The van der Waals surface area contributed by atoms with Gasteiger partial charge in [0, 0.05) is 36.8 Å². The van der Waals surface area contributed by atoms with Gasteiger partial charge in [-0.05, 0) is 55.8 Å². The number of nitrogens with zero attached hydrogens (tertiary/aromatic N) is 7. The van der Waals surface area contributed by atoms with E-state index >= 15 is 0 Å². The zero-order chi connectivity index (χ0) is 19.1. The molecular weight excluding hydrogens is 374 g/mol. The maximum absolute atomic E-state index is 6.27. The molecule has 8 heteroatoms. The van der Waals surface area contributed by atoms with Gasteiger partial charge in [0.15, 0.2) is 11.6 Å². The summed E-state index contributed by atoms with van der Waals surface area (Å²) in [6.07, 6.45) is 3.75. The third kappa shape index (κ3) is 3.14. The summed E-state index contributed by atoms with van der Waals surface area (Å²) in [7, 11) is 2.11. The van der Waals surface area contributed by atoms with Crippen molar-refractivity contribution in [3.63, 3.8) is 0 Å². The van der Waals surface area contributed by atoms with E-state index in [4.69, 9.17) is 11.6 Å². The van der Waals surface area contributed by atoms with Crippen LogP contribution in [0.25, 0.3) is 5.69 Å². The van der Waals surface area contributed by atoms with Gasteiger partial charge in [0.1, 0.15) is 5.82 Å². The predicted octanol–water partition coefficient (Wildman–Crippen LogP) is 3.04. The fourth-order valence-electron chi connectivity index (χ4n) is 4.28. The Morgan fingerprint density at radius 2 is 1.89 bits per heavy atom. The number of benzene rings is 1. The molecule has 5 rings (SSSR count). The molecule has 0 unspecified atom stereocenters. The van der Waals surface area contributed by atoms with Crippen LogP contribution in [0, 0.1) is 0 Å². The van der Waals surface area contributed by atoms with Crippen molar-refractivity contribution in [1.82, 2.24) is 29.9 Å². The third-order valence-corrected chi connectivity index (χ3v) is 5.87. The maximum Gasteiger partial charge on any atom is 0.151 e. The van der Waals surface area contributed by atoms with Gasteiger partial charge in [-0.1, -0.05) is 11.6 Å². The minimum Gasteiger partial charge on any atom is -0.355 e. The van der Waals surface area contributed by atoms with Crippen LogP contribution in [0.1, 0.15) is 36.0 Å². The molecule has 0 radical (unpaired) electrons. The Balaban J connectivity index is 1.45. The first kappa shape index (κ1) is 17.6. The summed E-state index contributed by atoms with van der Waals surface area (Å²) in [5.74, 6) is 3.38. The minimum atomic E-state index is 0.376. The lowest BCUT2D eigenvalue weighted by Crippen LogP contribution is -2.34. The normalized spacial score (nSPS) is 17.9. The lowest BCUT2D eigenvalue weighted by atomic mass is 9.95. The van der Waals surface area contributed by atoms with E-state index in [9.17, 15) is 0 Å². The second-order valence-electron chi connectivity index (χ2n) is 7.60. The second kappa shape index (κ2) is 7.14. The van der Waals surface area contributed by atoms with E-state index in [0.29, 0.717) is 5.92 Å². The summed E-state index contributed by atoms with van der Waals surface area (Å²) < 4.78 is 2.26. The van der Waals surface area contributed by atoms with Gasteiger partial charge < -0.3 is 4.90 Å². The van der Waals surface area contributed by atoms with Gasteiger partial charge in [-0.3, -0.25) is 9.47 Å². The molecule has 0 saturated carbocycles. The number of piperidine rings is 1. The van der Waals surface area contributed by atoms with E-state index in [1.807, 2.05) is 18.2 Å². The molecule has 0 amide bonds. The number of hydrogen-bond acceptors (Lipinski definition) is 6. The molecule has 1 saturated heterocycles. The molecule has 2 aliphatic rings. The molecule has 0 spiro atoms. The summed E-state index contributed by atoms with van der Waals surface area (Å²) in [4.78, 5) is 4.55. The average molecular weight is 396 g/mol. The number of aromatic nitrogens is 5. The highest BCUT2D eigenvalue weighted by Gasteiger charge is 2.29. The van der Waals surface area contributed by atoms with E-state index in [1.54, 1.807) is 6.20 Å². The van der Waals surface area contributed by atoms with Crippen LogP contribution < -0.4 is 4.90 Å². The van der Waals surface area contributed by atoms with Gasteiger partial charge >= 0.3 is 0 Å². The molecule has 0 N–H and O–H groups in total. The van der Waals surface area contributed by atoms with Crippen LogP contribution in [0.2, 0.25) is 5.02 Å². The van der Waals surface area contributed by atoms with Crippen LogP contribution in [0.5, 0.6) is 0 Å². The van der Waals surface area contributed by atoms with Crippen molar-refractivity contribution in [1.29, 1.82) is 0 Å². The first-order valence-corrected chi connectivity index (χ1v) is 10.0. The molecule has 3 aromatic rings. The lowest BCUT2D eigenvalue weighted by Gasteiger charge is -2.32. The van der Waals surface area contributed by atoms with Gasteiger partial charge in [0.2, 0.25) is 0 Å². The van der Waals surface area contributed by atoms with Gasteiger partial charge in [-0.2, -0.15) is 5.10 Å². The molecule has 2 aliphatic heterocycles. The predicted molar refractivity (Wildman–Crippen MR) is 108 cm³/mol. The Bertz CT molecular complexity index is 979. The van der Waals surface area contributed by atoms with E-state index in [1.165, 1.54) is 5.56 Å². The summed E-state index contributed by atoms with van der Waals surface area (Å²) in [5, 5.41) is 18.2. The van der Waals surface area contributed by atoms with Crippen LogP contribution >= 0.6 is 11.6 Å². The second-order valence-corrected chi connectivity index (χ2v) is 8.03. The smallest absolute Gasteiger partial charge is 0.151 e. The molecule has 0 atom stereocenters. The van der Waals surface area contributed by atoms with E-state index < -0.39 is 0 Å². The van der Waals surface area contributed by atoms with Crippen molar-refractivity contribution in [2.45, 2.75) is 31.8 Å². The topological polar surface area (TPSA) is 63.0 Å².